The molecule has 2 N–H and O–H groups in total. The molecule has 0 unspecified atom stereocenters. The van der Waals surface area contributed by atoms with E-state index in [0.29, 0.717) is 34.3 Å². The Hall–Kier alpha value is -3.69. The first-order valence-corrected chi connectivity index (χ1v) is 18.1. The normalized spacial score (nSPS) is 21.7. The quantitative estimate of drug-likeness (QED) is 0.186. The Morgan fingerprint density at radius 1 is 0.816 bits per heavy atom. The maximum absolute atomic E-state index is 11.7. The maximum atomic E-state index is 11.7. The number of pyridine rings is 2. The number of ether oxygens (including phenoxy) is 2. The monoisotopic (exact) mass is 697 g/mol. The first-order chi connectivity index (χ1) is 23.8. The van der Waals surface area contributed by atoms with Gasteiger partial charge in [-0.05, 0) is 61.3 Å². The van der Waals surface area contributed by atoms with Gasteiger partial charge in [-0.3, -0.25) is 9.69 Å². The van der Waals surface area contributed by atoms with Crippen LogP contribution in [0.5, 0.6) is 11.8 Å². The Morgan fingerprint density at radius 2 is 1.39 bits per heavy atom. The number of hydrogen-bond donors (Lipinski definition) is 2. The van der Waals surface area contributed by atoms with E-state index < -0.39 is 0 Å². The lowest BCUT2D eigenvalue weighted by Gasteiger charge is -2.42. The van der Waals surface area contributed by atoms with E-state index in [1.165, 1.54) is 16.7 Å². The van der Waals surface area contributed by atoms with Crippen molar-refractivity contribution < 1.29 is 14.3 Å². The van der Waals surface area contributed by atoms with Gasteiger partial charge < -0.3 is 20.1 Å². The number of carbonyl (C=O) groups is 1. The van der Waals surface area contributed by atoms with Gasteiger partial charge >= 0.3 is 0 Å². The molecule has 2 aromatic carbocycles. The highest BCUT2D eigenvalue weighted by Gasteiger charge is 2.37. The van der Waals surface area contributed by atoms with Crippen molar-refractivity contribution in [1.82, 2.24) is 25.5 Å². The molecule has 4 aromatic rings. The van der Waals surface area contributed by atoms with Gasteiger partial charge in [0.05, 0.1) is 35.7 Å². The molecule has 2 aliphatic carbocycles. The van der Waals surface area contributed by atoms with Gasteiger partial charge in [0.15, 0.2) is 0 Å². The standard InChI is InChI=1S/C39H41Cl2N5O3/c1-21-19-46(20-21)32-14-11-23-17-31(45-39(49-3)35(23)32)28-9-5-7-26(37(28)41)25-6-4-8-27(36(25)40)30-16-22-10-13-29(34(22)38(44-30)48-2)42-18-24-12-15-33(47)43-24/h4-9,16-17,21,24,29,32,42H,10-15,18-20H2,1-3H3,(H,43,47)/t24-,29+,32-/m0/s1. The summed E-state index contributed by atoms with van der Waals surface area (Å²) in [4.78, 5) is 24.2. The zero-order valence-corrected chi connectivity index (χ0v) is 29.6. The van der Waals surface area contributed by atoms with Crippen LogP contribution in [0.1, 0.15) is 66.9 Å². The number of rotatable bonds is 9. The molecule has 0 radical (unpaired) electrons. The van der Waals surface area contributed by atoms with Gasteiger partial charge in [-0.25, -0.2) is 9.97 Å². The van der Waals surface area contributed by atoms with E-state index in [-0.39, 0.29) is 18.0 Å². The molecule has 3 atom stereocenters. The molecule has 8 nitrogen and oxygen atoms in total. The first kappa shape index (κ1) is 32.5. The van der Waals surface area contributed by atoms with Gasteiger partial charge in [0.2, 0.25) is 17.7 Å². The number of nitrogens with one attached hydrogen (secondary N) is 2. The zero-order chi connectivity index (χ0) is 33.8. The van der Waals surface area contributed by atoms with Crippen LogP contribution in [0, 0.1) is 5.92 Å². The number of carbonyl (C=O) groups excluding carboxylic acids is 1. The molecule has 0 spiro atoms. The smallest absolute Gasteiger partial charge is 0.220 e. The van der Waals surface area contributed by atoms with Crippen LogP contribution < -0.4 is 20.1 Å². The van der Waals surface area contributed by atoms with E-state index in [0.717, 1.165) is 96.9 Å². The average Bonchev–Trinajstić information content (AvgIpc) is 3.83. The summed E-state index contributed by atoms with van der Waals surface area (Å²) in [5.41, 5.74) is 9.66. The third-order valence-electron chi connectivity index (χ3n) is 10.7. The van der Waals surface area contributed by atoms with Crippen molar-refractivity contribution in [1.29, 1.82) is 0 Å². The fraction of sp³-hybridized carbons (Fsp3) is 0.410. The molecule has 1 amide bonds. The first-order valence-electron chi connectivity index (χ1n) is 17.3. The Bertz CT molecular complexity index is 1940. The topological polar surface area (TPSA) is 88.6 Å². The van der Waals surface area contributed by atoms with Crippen molar-refractivity contribution in [2.24, 2.45) is 5.92 Å². The molecule has 2 aromatic heterocycles. The lowest BCUT2D eigenvalue weighted by atomic mass is 9.96. The van der Waals surface area contributed by atoms with Crippen molar-refractivity contribution >= 4 is 29.1 Å². The molecule has 10 heteroatoms. The molecular formula is C39H41Cl2N5O3. The number of fused-ring (bicyclic) bond motifs is 2. The molecule has 0 bridgehead atoms. The van der Waals surface area contributed by atoms with Crippen LogP contribution in [0.4, 0.5) is 0 Å². The summed E-state index contributed by atoms with van der Waals surface area (Å²) in [6, 6.07) is 17.0. The van der Waals surface area contributed by atoms with E-state index in [2.05, 4.69) is 34.6 Å². The van der Waals surface area contributed by atoms with Gasteiger partial charge in [-0.2, -0.15) is 0 Å². The van der Waals surface area contributed by atoms with Crippen LogP contribution in [0.25, 0.3) is 33.6 Å². The van der Waals surface area contributed by atoms with Crippen molar-refractivity contribution in [2.75, 3.05) is 33.9 Å². The Morgan fingerprint density at radius 3 is 1.96 bits per heavy atom. The summed E-state index contributed by atoms with van der Waals surface area (Å²) in [7, 11) is 3.37. The minimum atomic E-state index is 0.115. The minimum absolute atomic E-state index is 0.115. The van der Waals surface area contributed by atoms with E-state index in [1.54, 1.807) is 14.2 Å². The molecule has 2 fully saturated rings. The number of amides is 1. The van der Waals surface area contributed by atoms with Crippen LogP contribution in [-0.2, 0) is 17.6 Å². The highest BCUT2D eigenvalue weighted by atomic mass is 35.5. The average molecular weight is 699 g/mol. The summed E-state index contributed by atoms with van der Waals surface area (Å²) < 4.78 is 11.7. The Balaban J connectivity index is 1.10. The summed E-state index contributed by atoms with van der Waals surface area (Å²) >= 11 is 14.5. The van der Waals surface area contributed by atoms with Crippen LogP contribution >= 0.6 is 23.2 Å². The van der Waals surface area contributed by atoms with Gasteiger partial charge in [0, 0.05) is 77.6 Å². The predicted molar refractivity (Wildman–Crippen MR) is 193 cm³/mol. The molecule has 0 saturated carbocycles. The number of benzene rings is 2. The number of aromatic nitrogens is 2. The molecule has 254 valence electrons. The van der Waals surface area contributed by atoms with Gasteiger partial charge in [0.1, 0.15) is 0 Å². The summed E-state index contributed by atoms with van der Waals surface area (Å²) in [6.45, 7) is 5.27. The number of hydrogen-bond acceptors (Lipinski definition) is 7. The molecular weight excluding hydrogens is 657 g/mol. The maximum Gasteiger partial charge on any atom is 0.220 e. The Kier molecular flexibility index (Phi) is 8.77. The summed E-state index contributed by atoms with van der Waals surface area (Å²) in [6.07, 6.45) is 5.37. The Labute approximate surface area is 297 Å². The second-order valence-corrected chi connectivity index (χ2v) is 14.7. The largest absolute Gasteiger partial charge is 0.481 e. The summed E-state index contributed by atoms with van der Waals surface area (Å²) in [5, 5.41) is 7.86. The van der Waals surface area contributed by atoms with Gasteiger partial charge in [0.25, 0.3) is 0 Å². The third-order valence-corrected chi connectivity index (χ3v) is 11.6. The highest BCUT2D eigenvalue weighted by molar-refractivity contribution is 6.39. The number of methoxy groups -OCH3 is 2. The fourth-order valence-electron chi connectivity index (χ4n) is 8.34. The van der Waals surface area contributed by atoms with Crippen molar-refractivity contribution in [3.63, 3.8) is 0 Å². The molecule has 2 saturated heterocycles. The number of likely N-dealkylation sites (tertiary alicyclic amines) is 1. The van der Waals surface area contributed by atoms with Crippen molar-refractivity contribution in [3.05, 3.63) is 80.8 Å². The van der Waals surface area contributed by atoms with Gasteiger partial charge in [-0.15, -0.1) is 0 Å². The fourth-order valence-corrected chi connectivity index (χ4v) is 8.99. The predicted octanol–water partition coefficient (Wildman–Crippen LogP) is 7.60. The van der Waals surface area contributed by atoms with Crippen LogP contribution in [0.15, 0.2) is 48.5 Å². The third kappa shape index (κ3) is 5.86. The van der Waals surface area contributed by atoms with Gasteiger partial charge in [-0.1, -0.05) is 66.5 Å². The SMILES string of the molecule is COc1nc(-c2cccc(-c3cccc(-c4cc5c(c(OC)n4)[C@@H](N4CC(C)C4)CC5)c3Cl)c2Cl)cc2c1[C@H](NC[C@@H]1CCC(=O)N1)CC2. The zero-order valence-electron chi connectivity index (χ0n) is 28.1. The molecule has 2 aliphatic heterocycles. The van der Waals surface area contributed by atoms with Crippen LogP contribution in [-0.4, -0.2) is 60.7 Å². The number of aryl methyl sites for hydroxylation is 2. The van der Waals surface area contributed by atoms with E-state index in [1.807, 2.05) is 36.4 Å². The van der Waals surface area contributed by atoms with Crippen molar-refractivity contribution in [2.45, 2.75) is 63.6 Å². The lowest BCUT2D eigenvalue weighted by molar-refractivity contribution is -0.119. The number of nitrogens with zero attached hydrogens (tertiary/aromatic N) is 3. The van der Waals surface area contributed by atoms with E-state index >= 15 is 0 Å². The number of halogens is 2. The van der Waals surface area contributed by atoms with Crippen LogP contribution in [0.3, 0.4) is 0 Å². The highest BCUT2D eigenvalue weighted by Crippen LogP contribution is 2.47. The van der Waals surface area contributed by atoms with Crippen LogP contribution in [0.2, 0.25) is 10.0 Å². The summed E-state index contributed by atoms with van der Waals surface area (Å²) in [5.74, 6) is 2.15. The minimum Gasteiger partial charge on any atom is -0.481 e. The van der Waals surface area contributed by atoms with E-state index in [9.17, 15) is 4.79 Å². The molecule has 4 heterocycles. The molecule has 8 rings (SSSR count). The lowest BCUT2D eigenvalue weighted by Crippen LogP contribution is -2.46. The van der Waals surface area contributed by atoms with Crippen molar-refractivity contribution in [3.8, 4) is 45.4 Å². The second-order valence-electron chi connectivity index (χ2n) is 13.9. The second kappa shape index (κ2) is 13.2. The molecule has 49 heavy (non-hydrogen) atoms. The molecule has 4 aliphatic rings. The van der Waals surface area contributed by atoms with E-state index in [4.69, 9.17) is 42.6 Å².